The van der Waals surface area contributed by atoms with Crippen LogP contribution in [0.5, 0.6) is 0 Å². The Bertz CT molecular complexity index is 543. The summed E-state index contributed by atoms with van der Waals surface area (Å²) in [6.07, 6.45) is 2.28. The first-order valence-electron chi connectivity index (χ1n) is 8.15. The third kappa shape index (κ3) is 4.19. The summed E-state index contributed by atoms with van der Waals surface area (Å²) in [5, 5.41) is 2.80. The molecular formula is C16H23N5O2. The van der Waals surface area contributed by atoms with Gasteiger partial charge in [0.2, 0.25) is 11.8 Å². The fourth-order valence-electron chi connectivity index (χ4n) is 3.02. The number of pyridine rings is 1. The van der Waals surface area contributed by atoms with E-state index in [0.29, 0.717) is 26.1 Å². The normalized spacial score (nSPS) is 19.6. The first-order valence-corrected chi connectivity index (χ1v) is 8.15. The molecule has 0 aliphatic carbocycles. The van der Waals surface area contributed by atoms with Gasteiger partial charge in [-0.2, -0.15) is 0 Å². The predicted molar refractivity (Wildman–Crippen MR) is 87.1 cm³/mol. The Labute approximate surface area is 136 Å². The second-order valence-corrected chi connectivity index (χ2v) is 5.93. The van der Waals surface area contributed by atoms with E-state index in [0.717, 1.165) is 38.5 Å². The second-order valence-electron chi connectivity index (χ2n) is 5.93. The zero-order valence-corrected chi connectivity index (χ0v) is 13.3. The molecule has 2 aliphatic rings. The molecule has 0 atom stereocenters. The molecule has 7 heteroatoms. The molecule has 3 rings (SSSR count). The molecule has 23 heavy (non-hydrogen) atoms. The Morgan fingerprint density at radius 2 is 2.00 bits per heavy atom. The standard InChI is InChI=1S/C16H23N5O2/c22-15-13-19(8-6-18-15)7-4-16(23)21-11-9-20(10-12-21)14-3-1-2-5-17-14/h1-3,5H,4,6-13H2,(H,18,22). The van der Waals surface area contributed by atoms with E-state index < -0.39 is 0 Å². The zero-order chi connectivity index (χ0) is 16.1. The molecule has 1 N–H and O–H groups in total. The Hall–Kier alpha value is -2.15. The maximum absolute atomic E-state index is 12.3. The van der Waals surface area contributed by atoms with E-state index >= 15 is 0 Å². The van der Waals surface area contributed by atoms with Gasteiger partial charge in [-0.05, 0) is 12.1 Å². The van der Waals surface area contributed by atoms with E-state index in [-0.39, 0.29) is 11.8 Å². The number of hydrogen-bond donors (Lipinski definition) is 1. The molecule has 3 heterocycles. The van der Waals surface area contributed by atoms with E-state index in [1.54, 1.807) is 6.20 Å². The molecule has 0 bridgehead atoms. The first-order chi connectivity index (χ1) is 11.2. The fourth-order valence-corrected chi connectivity index (χ4v) is 3.02. The van der Waals surface area contributed by atoms with E-state index in [4.69, 9.17) is 0 Å². The second kappa shape index (κ2) is 7.41. The van der Waals surface area contributed by atoms with Crippen LogP contribution < -0.4 is 10.2 Å². The van der Waals surface area contributed by atoms with Gasteiger partial charge >= 0.3 is 0 Å². The predicted octanol–water partition coefficient (Wildman–Crippen LogP) is -0.448. The van der Waals surface area contributed by atoms with Crippen LogP contribution in [-0.4, -0.2) is 79.0 Å². The molecule has 0 spiro atoms. The van der Waals surface area contributed by atoms with Gasteiger partial charge in [0, 0.05) is 58.4 Å². The van der Waals surface area contributed by atoms with E-state index in [1.165, 1.54) is 0 Å². The van der Waals surface area contributed by atoms with Gasteiger partial charge < -0.3 is 15.1 Å². The number of carbonyl (C=O) groups is 2. The molecule has 2 saturated heterocycles. The van der Waals surface area contributed by atoms with Gasteiger partial charge in [0.05, 0.1) is 6.54 Å². The number of rotatable bonds is 4. The van der Waals surface area contributed by atoms with Crippen LogP contribution in [0.2, 0.25) is 0 Å². The van der Waals surface area contributed by atoms with Crippen LogP contribution in [0.4, 0.5) is 5.82 Å². The van der Waals surface area contributed by atoms with Crippen molar-refractivity contribution in [3.05, 3.63) is 24.4 Å². The van der Waals surface area contributed by atoms with Gasteiger partial charge in [0.15, 0.2) is 0 Å². The molecule has 0 radical (unpaired) electrons. The average molecular weight is 317 g/mol. The van der Waals surface area contributed by atoms with Crippen molar-refractivity contribution in [2.75, 3.05) is 57.3 Å². The van der Waals surface area contributed by atoms with Crippen molar-refractivity contribution in [2.24, 2.45) is 0 Å². The monoisotopic (exact) mass is 317 g/mol. The molecule has 0 unspecified atom stereocenters. The topological polar surface area (TPSA) is 68.8 Å². The van der Waals surface area contributed by atoms with Gasteiger partial charge in [0.25, 0.3) is 0 Å². The fraction of sp³-hybridized carbons (Fsp3) is 0.562. The van der Waals surface area contributed by atoms with Gasteiger partial charge in [-0.25, -0.2) is 4.98 Å². The van der Waals surface area contributed by atoms with Crippen LogP contribution in [-0.2, 0) is 9.59 Å². The quantitative estimate of drug-likeness (QED) is 0.815. The van der Waals surface area contributed by atoms with Crippen LogP contribution >= 0.6 is 0 Å². The van der Waals surface area contributed by atoms with Gasteiger partial charge in [-0.15, -0.1) is 0 Å². The van der Waals surface area contributed by atoms with Crippen molar-refractivity contribution in [3.8, 4) is 0 Å². The number of hydrogen-bond acceptors (Lipinski definition) is 5. The lowest BCUT2D eigenvalue weighted by Crippen LogP contribution is -2.51. The highest BCUT2D eigenvalue weighted by molar-refractivity contribution is 5.79. The summed E-state index contributed by atoms with van der Waals surface area (Å²) in [5.41, 5.74) is 0. The molecular weight excluding hydrogens is 294 g/mol. The van der Waals surface area contributed by atoms with Crippen molar-refractivity contribution in [1.29, 1.82) is 0 Å². The molecule has 1 aromatic rings. The van der Waals surface area contributed by atoms with Gasteiger partial charge in [-0.3, -0.25) is 14.5 Å². The van der Waals surface area contributed by atoms with E-state index in [9.17, 15) is 9.59 Å². The van der Waals surface area contributed by atoms with Crippen LogP contribution in [0.25, 0.3) is 0 Å². The molecule has 2 amide bonds. The van der Waals surface area contributed by atoms with Crippen molar-refractivity contribution in [3.63, 3.8) is 0 Å². The maximum atomic E-state index is 12.3. The van der Waals surface area contributed by atoms with E-state index in [1.807, 2.05) is 28.0 Å². The van der Waals surface area contributed by atoms with E-state index in [2.05, 4.69) is 15.2 Å². The minimum Gasteiger partial charge on any atom is -0.354 e. The summed E-state index contributed by atoms with van der Waals surface area (Å²) in [6, 6.07) is 5.89. The van der Waals surface area contributed by atoms with Crippen molar-refractivity contribution >= 4 is 17.6 Å². The SMILES string of the molecule is O=C1CN(CCC(=O)N2CCN(c3ccccn3)CC2)CCN1. The smallest absolute Gasteiger partial charge is 0.234 e. The van der Waals surface area contributed by atoms with Crippen molar-refractivity contribution in [2.45, 2.75) is 6.42 Å². The van der Waals surface area contributed by atoms with Gasteiger partial charge in [0.1, 0.15) is 5.82 Å². The molecule has 7 nitrogen and oxygen atoms in total. The highest BCUT2D eigenvalue weighted by Gasteiger charge is 2.23. The number of nitrogens with zero attached hydrogens (tertiary/aromatic N) is 4. The number of carbonyl (C=O) groups excluding carboxylic acids is 2. The Morgan fingerprint density at radius 1 is 1.17 bits per heavy atom. The maximum Gasteiger partial charge on any atom is 0.234 e. The third-order valence-electron chi connectivity index (χ3n) is 4.36. The number of piperazine rings is 2. The molecule has 124 valence electrons. The minimum atomic E-state index is 0.0488. The first kappa shape index (κ1) is 15.7. The largest absolute Gasteiger partial charge is 0.354 e. The number of aromatic nitrogens is 1. The Morgan fingerprint density at radius 3 is 2.70 bits per heavy atom. The average Bonchev–Trinajstić information content (AvgIpc) is 2.61. The van der Waals surface area contributed by atoms with Crippen LogP contribution in [0.15, 0.2) is 24.4 Å². The third-order valence-corrected chi connectivity index (χ3v) is 4.36. The highest BCUT2D eigenvalue weighted by atomic mass is 16.2. The molecule has 1 aromatic heterocycles. The highest BCUT2D eigenvalue weighted by Crippen LogP contribution is 2.13. The number of anilines is 1. The van der Waals surface area contributed by atoms with Crippen molar-refractivity contribution < 1.29 is 9.59 Å². The zero-order valence-electron chi connectivity index (χ0n) is 13.3. The number of nitrogens with one attached hydrogen (secondary N) is 1. The van der Waals surface area contributed by atoms with Crippen LogP contribution in [0.1, 0.15) is 6.42 Å². The number of amides is 2. The summed E-state index contributed by atoms with van der Waals surface area (Å²) in [7, 11) is 0. The van der Waals surface area contributed by atoms with Gasteiger partial charge in [-0.1, -0.05) is 6.07 Å². The Kier molecular flexibility index (Phi) is 5.07. The molecule has 2 aliphatic heterocycles. The summed E-state index contributed by atoms with van der Waals surface area (Å²) >= 11 is 0. The van der Waals surface area contributed by atoms with Crippen LogP contribution in [0, 0.1) is 0 Å². The summed E-state index contributed by atoms with van der Waals surface area (Å²) in [6.45, 7) is 5.66. The summed E-state index contributed by atoms with van der Waals surface area (Å²) < 4.78 is 0. The van der Waals surface area contributed by atoms with Crippen LogP contribution in [0.3, 0.4) is 0 Å². The molecule has 2 fully saturated rings. The lowest BCUT2D eigenvalue weighted by Gasteiger charge is -2.36. The Balaban J connectivity index is 1.42. The van der Waals surface area contributed by atoms with Crippen molar-refractivity contribution in [1.82, 2.24) is 20.1 Å². The minimum absolute atomic E-state index is 0.0488. The lowest BCUT2D eigenvalue weighted by atomic mass is 10.2. The summed E-state index contributed by atoms with van der Waals surface area (Å²) in [4.78, 5) is 34.2. The molecule has 0 saturated carbocycles. The lowest BCUT2D eigenvalue weighted by molar-refractivity contribution is -0.132. The summed E-state index contributed by atoms with van der Waals surface area (Å²) in [5.74, 6) is 1.20. The molecule has 0 aromatic carbocycles.